The zero-order valence-electron chi connectivity index (χ0n) is 11.5. The van der Waals surface area contributed by atoms with Crippen LogP contribution in [0.4, 0.5) is 0 Å². The van der Waals surface area contributed by atoms with Crippen LogP contribution in [0.15, 0.2) is 30.3 Å². The van der Waals surface area contributed by atoms with Crippen molar-refractivity contribution in [2.75, 3.05) is 0 Å². The molecular formula is C15H19NO5. The van der Waals surface area contributed by atoms with Crippen molar-refractivity contribution < 1.29 is 24.9 Å². The van der Waals surface area contributed by atoms with Gasteiger partial charge in [-0.1, -0.05) is 30.3 Å². The molecule has 1 unspecified atom stereocenters. The summed E-state index contributed by atoms with van der Waals surface area (Å²) in [5.41, 5.74) is -0.741. The van der Waals surface area contributed by atoms with Gasteiger partial charge in [0, 0.05) is 0 Å². The lowest BCUT2D eigenvalue weighted by molar-refractivity contribution is -0.159. The lowest BCUT2D eigenvalue weighted by Gasteiger charge is -2.40. The SMILES string of the molecule is O=C(O)C[C@H](NC(=O)C(O)C1(O)CCC1)c1ccccc1. The van der Waals surface area contributed by atoms with Crippen LogP contribution in [-0.4, -0.2) is 38.9 Å². The number of carbonyl (C=O) groups excluding carboxylic acids is 1. The summed E-state index contributed by atoms with van der Waals surface area (Å²) < 4.78 is 0. The summed E-state index contributed by atoms with van der Waals surface area (Å²) in [4.78, 5) is 23.0. The molecule has 4 N–H and O–H groups in total. The minimum absolute atomic E-state index is 0.291. The molecular weight excluding hydrogens is 274 g/mol. The molecule has 1 fully saturated rings. The number of aliphatic carboxylic acids is 1. The molecule has 0 radical (unpaired) electrons. The number of nitrogens with one attached hydrogen (secondary N) is 1. The number of amides is 1. The van der Waals surface area contributed by atoms with E-state index in [1.54, 1.807) is 30.3 Å². The highest BCUT2D eigenvalue weighted by molar-refractivity contribution is 5.83. The van der Waals surface area contributed by atoms with Gasteiger partial charge in [0.05, 0.1) is 18.1 Å². The number of aliphatic hydroxyl groups is 2. The molecule has 1 aromatic carbocycles. The molecule has 114 valence electrons. The quantitative estimate of drug-likeness (QED) is 0.614. The Morgan fingerprint density at radius 1 is 1.24 bits per heavy atom. The van der Waals surface area contributed by atoms with E-state index in [9.17, 15) is 19.8 Å². The molecule has 0 spiro atoms. The van der Waals surface area contributed by atoms with E-state index < -0.39 is 29.6 Å². The molecule has 2 rings (SSSR count). The predicted molar refractivity (Wildman–Crippen MR) is 74.4 cm³/mol. The molecule has 0 aliphatic heterocycles. The van der Waals surface area contributed by atoms with Crippen molar-refractivity contribution in [3.05, 3.63) is 35.9 Å². The van der Waals surface area contributed by atoms with Gasteiger partial charge in [0.1, 0.15) is 0 Å². The van der Waals surface area contributed by atoms with Crippen LogP contribution in [0.2, 0.25) is 0 Å². The van der Waals surface area contributed by atoms with E-state index in [2.05, 4.69) is 5.32 Å². The van der Waals surface area contributed by atoms with E-state index in [0.717, 1.165) is 6.42 Å². The zero-order valence-corrected chi connectivity index (χ0v) is 11.5. The highest BCUT2D eigenvalue weighted by Crippen LogP contribution is 2.35. The second-order valence-electron chi connectivity index (χ2n) is 5.43. The summed E-state index contributed by atoms with van der Waals surface area (Å²) in [6.07, 6.45) is -0.322. The number of carbonyl (C=O) groups is 2. The van der Waals surface area contributed by atoms with E-state index >= 15 is 0 Å². The third kappa shape index (κ3) is 3.59. The van der Waals surface area contributed by atoms with Crippen LogP contribution in [0.3, 0.4) is 0 Å². The highest BCUT2D eigenvalue weighted by Gasteiger charge is 2.45. The largest absolute Gasteiger partial charge is 0.481 e. The van der Waals surface area contributed by atoms with E-state index in [1.807, 2.05) is 0 Å². The van der Waals surface area contributed by atoms with Gasteiger partial charge in [-0.3, -0.25) is 9.59 Å². The molecule has 0 heterocycles. The van der Waals surface area contributed by atoms with Crippen molar-refractivity contribution in [2.24, 2.45) is 0 Å². The molecule has 1 saturated carbocycles. The lowest BCUT2D eigenvalue weighted by atomic mass is 9.75. The van der Waals surface area contributed by atoms with Crippen molar-refractivity contribution in [1.82, 2.24) is 5.32 Å². The Morgan fingerprint density at radius 3 is 2.33 bits per heavy atom. The van der Waals surface area contributed by atoms with E-state index in [0.29, 0.717) is 18.4 Å². The molecule has 0 saturated heterocycles. The minimum Gasteiger partial charge on any atom is -0.481 e. The first-order chi connectivity index (χ1) is 9.92. The van der Waals surface area contributed by atoms with Gasteiger partial charge in [-0.2, -0.15) is 0 Å². The van der Waals surface area contributed by atoms with Gasteiger partial charge in [-0.25, -0.2) is 0 Å². The molecule has 0 bridgehead atoms. The maximum absolute atomic E-state index is 12.0. The van der Waals surface area contributed by atoms with E-state index in [4.69, 9.17) is 5.11 Å². The van der Waals surface area contributed by atoms with Gasteiger partial charge in [0.15, 0.2) is 6.10 Å². The summed E-state index contributed by atoms with van der Waals surface area (Å²) in [6.45, 7) is 0. The van der Waals surface area contributed by atoms with Gasteiger partial charge in [0.2, 0.25) is 0 Å². The molecule has 6 nitrogen and oxygen atoms in total. The fourth-order valence-electron chi connectivity index (χ4n) is 2.42. The fraction of sp³-hybridized carbons (Fsp3) is 0.467. The number of aliphatic hydroxyl groups excluding tert-OH is 1. The number of carboxylic acids is 1. The highest BCUT2D eigenvalue weighted by atomic mass is 16.4. The minimum atomic E-state index is -1.54. The number of hydrogen-bond donors (Lipinski definition) is 4. The average molecular weight is 293 g/mol. The van der Waals surface area contributed by atoms with Crippen LogP contribution in [0.25, 0.3) is 0 Å². The molecule has 6 heteroatoms. The third-order valence-electron chi connectivity index (χ3n) is 3.87. The first kappa shape index (κ1) is 15.5. The van der Waals surface area contributed by atoms with Crippen molar-refractivity contribution in [3.63, 3.8) is 0 Å². The number of hydrogen-bond acceptors (Lipinski definition) is 4. The van der Waals surface area contributed by atoms with Gasteiger partial charge >= 0.3 is 5.97 Å². The van der Waals surface area contributed by atoms with Crippen molar-refractivity contribution in [3.8, 4) is 0 Å². The lowest BCUT2D eigenvalue weighted by Crippen LogP contribution is -2.55. The van der Waals surface area contributed by atoms with Crippen LogP contribution in [0.5, 0.6) is 0 Å². The van der Waals surface area contributed by atoms with Gasteiger partial charge in [-0.05, 0) is 24.8 Å². The van der Waals surface area contributed by atoms with E-state index in [-0.39, 0.29) is 6.42 Å². The monoisotopic (exact) mass is 293 g/mol. The molecule has 21 heavy (non-hydrogen) atoms. The molecule has 1 amide bonds. The summed E-state index contributed by atoms with van der Waals surface area (Å²) in [7, 11) is 0. The van der Waals surface area contributed by atoms with Crippen molar-refractivity contribution in [2.45, 2.75) is 43.4 Å². The summed E-state index contributed by atoms with van der Waals surface area (Å²) in [5.74, 6) is -1.80. The maximum atomic E-state index is 12.0. The standard InChI is InChI=1S/C15H19NO5/c17-12(18)9-11(10-5-2-1-3-6-10)16-14(20)13(19)15(21)7-4-8-15/h1-3,5-6,11,13,19,21H,4,7-9H2,(H,16,20)(H,17,18)/t11-,13?/m0/s1. The van der Waals surface area contributed by atoms with Gasteiger partial charge < -0.3 is 20.6 Å². The summed E-state index contributed by atoms with van der Waals surface area (Å²) in [5, 5.41) is 31.4. The Kier molecular flexibility index (Phi) is 4.59. The Bertz CT molecular complexity index is 512. The predicted octanol–water partition coefficient (Wildman–Crippen LogP) is 0.594. The second kappa shape index (κ2) is 6.24. The topological polar surface area (TPSA) is 107 Å². The summed E-state index contributed by atoms with van der Waals surface area (Å²) in [6, 6.07) is 7.94. The zero-order chi connectivity index (χ0) is 15.5. The van der Waals surface area contributed by atoms with Crippen LogP contribution in [0.1, 0.15) is 37.3 Å². The Labute approximate surface area is 122 Å². The molecule has 1 aliphatic carbocycles. The molecule has 1 aromatic rings. The normalized spacial score (nSPS) is 19.1. The van der Waals surface area contributed by atoms with Gasteiger partial charge in [-0.15, -0.1) is 0 Å². The van der Waals surface area contributed by atoms with E-state index in [1.165, 1.54) is 0 Å². The molecule has 0 aromatic heterocycles. The Hall–Kier alpha value is -1.92. The number of carboxylic acid groups (broad SMARTS) is 1. The first-order valence-electron chi connectivity index (χ1n) is 6.90. The molecule has 2 atom stereocenters. The fourth-order valence-corrected chi connectivity index (χ4v) is 2.42. The number of rotatable bonds is 6. The Balaban J connectivity index is 2.08. The molecule has 1 aliphatic rings. The number of benzene rings is 1. The maximum Gasteiger partial charge on any atom is 0.305 e. The van der Waals surface area contributed by atoms with Crippen LogP contribution < -0.4 is 5.32 Å². The van der Waals surface area contributed by atoms with Crippen LogP contribution in [-0.2, 0) is 9.59 Å². The second-order valence-corrected chi connectivity index (χ2v) is 5.43. The van der Waals surface area contributed by atoms with Crippen LogP contribution >= 0.6 is 0 Å². The smallest absolute Gasteiger partial charge is 0.305 e. The van der Waals surface area contributed by atoms with Crippen LogP contribution in [0, 0.1) is 0 Å². The Morgan fingerprint density at radius 2 is 1.86 bits per heavy atom. The van der Waals surface area contributed by atoms with Gasteiger partial charge in [0.25, 0.3) is 5.91 Å². The van der Waals surface area contributed by atoms with Crippen molar-refractivity contribution in [1.29, 1.82) is 0 Å². The third-order valence-corrected chi connectivity index (χ3v) is 3.87. The first-order valence-corrected chi connectivity index (χ1v) is 6.90. The summed E-state index contributed by atoms with van der Waals surface area (Å²) >= 11 is 0. The average Bonchev–Trinajstić information content (AvgIpc) is 2.43. The van der Waals surface area contributed by atoms with Crippen molar-refractivity contribution >= 4 is 11.9 Å².